The monoisotopic (exact) mass is 304 g/mol. The zero-order chi connectivity index (χ0) is 16.8. The van der Waals surface area contributed by atoms with Gasteiger partial charge in [0.15, 0.2) is 0 Å². The van der Waals surface area contributed by atoms with Gasteiger partial charge < -0.3 is 4.74 Å². The summed E-state index contributed by atoms with van der Waals surface area (Å²) in [5, 5.41) is 0. The summed E-state index contributed by atoms with van der Waals surface area (Å²) < 4.78 is 4.94. The maximum atomic E-state index is 11.4. The lowest BCUT2D eigenvalue weighted by Crippen LogP contribution is -2.01. The molecule has 0 fully saturated rings. The molecule has 0 radical (unpaired) electrons. The Labute approximate surface area is 136 Å². The highest BCUT2D eigenvalue weighted by Crippen LogP contribution is 2.15. The van der Waals surface area contributed by atoms with Gasteiger partial charge in [-0.3, -0.25) is 0 Å². The van der Waals surface area contributed by atoms with Crippen molar-refractivity contribution in [1.82, 2.24) is 0 Å². The van der Waals surface area contributed by atoms with Crippen LogP contribution in [0.25, 0.3) is 0 Å². The van der Waals surface area contributed by atoms with Crippen molar-refractivity contribution in [3.05, 3.63) is 47.6 Å². The van der Waals surface area contributed by atoms with Crippen molar-refractivity contribution in [3.8, 4) is 0 Å². The molecule has 0 aromatic heterocycles. The van der Waals surface area contributed by atoms with E-state index in [2.05, 4.69) is 39.5 Å². The molecule has 0 heterocycles. The minimum atomic E-state index is -0.280. The summed E-state index contributed by atoms with van der Waals surface area (Å²) in [5.74, 6) is -0.280. The summed E-state index contributed by atoms with van der Waals surface area (Å²) in [4.78, 5) is 11.4. The number of carbonyl (C=O) groups excluding carboxylic acids is 1. The van der Waals surface area contributed by atoms with Gasteiger partial charge in [0.25, 0.3) is 0 Å². The Kier molecular flexibility index (Phi) is 12.2. The molecule has 2 nitrogen and oxygen atoms in total. The van der Waals surface area contributed by atoms with Gasteiger partial charge in [0.1, 0.15) is 6.61 Å². The Morgan fingerprint density at radius 2 is 1.68 bits per heavy atom. The number of rotatable bonds is 11. The van der Waals surface area contributed by atoms with Crippen LogP contribution in [0.5, 0.6) is 0 Å². The molecule has 0 aliphatic rings. The van der Waals surface area contributed by atoms with E-state index in [0.29, 0.717) is 0 Å². The molecule has 22 heavy (non-hydrogen) atoms. The van der Waals surface area contributed by atoms with Crippen LogP contribution < -0.4 is 0 Å². The van der Waals surface area contributed by atoms with E-state index in [1.54, 1.807) is 12.2 Å². The van der Waals surface area contributed by atoms with Crippen LogP contribution in [0.4, 0.5) is 0 Å². The van der Waals surface area contributed by atoms with E-state index < -0.39 is 0 Å². The molecule has 0 saturated heterocycles. The van der Waals surface area contributed by atoms with Crippen LogP contribution in [0.2, 0.25) is 0 Å². The smallest absolute Gasteiger partial charge is 0.331 e. The van der Waals surface area contributed by atoms with Gasteiger partial charge in [0.2, 0.25) is 0 Å². The third-order valence-electron chi connectivity index (χ3n) is 3.65. The molecule has 0 rings (SSSR count). The number of ether oxygens (including phenoxy) is 1. The minimum absolute atomic E-state index is 0.271. The van der Waals surface area contributed by atoms with Crippen LogP contribution in [-0.4, -0.2) is 12.6 Å². The zero-order valence-electron chi connectivity index (χ0n) is 14.8. The average molecular weight is 304 g/mol. The van der Waals surface area contributed by atoms with E-state index in [-0.39, 0.29) is 12.6 Å². The summed E-state index contributed by atoms with van der Waals surface area (Å²) >= 11 is 0. The third kappa shape index (κ3) is 11.1. The van der Waals surface area contributed by atoms with Crippen molar-refractivity contribution < 1.29 is 9.53 Å². The van der Waals surface area contributed by atoms with Crippen molar-refractivity contribution in [1.29, 1.82) is 0 Å². The second-order valence-corrected chi connectivity index (χ2v) is 5.61. The molecular weight excluding hydrogens is 272 g/mol. The molecule has 0 aromatic carbocycles. The average Bonchev–Trinajstić information content (AvgIpc) is 2.50. The maximum absolute atomic E-state index is 11.4. The first-order valence-electron chi connectivity index (χ1n) is 8.31. The van der Waals surface area contributed by atoms with Gasteiger partial charge in [-0.2, -0.15) is 0 Å². The minimum Gasteiger partial charge on any atom is -0.458 e. The second-order valence-electron chi connectivity index (χ2n) is 5.61. The number of hydrogen-bond acceptors (Lipinski definition) is 2. The molecule has 0 N–H and O–H groups in total. The number of allylic oxidation sites excluding steroid dienone is 5. The largest absolute Gasteiger partial charge is 0.458 e. The summed E-state index contributed by atoms with van der Waals surface area (Å²) in [6.07, 6.45) is 14.2. The second kappa shape index (κ2) is 13.1. The van der Waals surface area contributed by atoms with Crippen LogP contribution in [0.1, 0.15) is 66.2 Å². The highest BCUT2D eigenvalue weighted by Gasteiger charge is 1.99. The fraction of sp³-hybridized carbons (Fsp3) is 0.550. The molecule has 0 aromatic rings. The van der Waals surface area contributed by atoms with E-state index in [1.807, 2.05) is 6.92 Å². The molecule has 0 bridgehead atoms. The lowest BCUT2D eigenvalue weighted by Gasteiger charge is -2.04. The lowest BCUT2D eigenvalue weighted by atomic mass is 10.0. The number of hydrogen-bond donors (Lipinski definition) is 0. The van der Waals surface area contributed by atoms with Crippen LogP contribution >= 0.6 is 0 Å². The SMILES string of the molecule is C=CCOC(=O)/C=C(\C)CC/C=C(\CC)CC/C=C(\C)CC. The summed E-state index contributed by atoms with van der Waals surface area (Å²) in [7, 11) is 0. The van der Waals surface area contributed by atoms with Gasteiger partial charge in [-0.15, -0.1) is 0 Å². The lowest BCUT2D eigenvalue weighted by molar-refractivity contribution is -0.136. The normalized spacial score (nSPS) is 13.2. The molecular formula is C20H32O2. The Hall–Kier alpha value is -1.57. The van der Waals surface area contributed by atoms with Gasteiger partial charge in [-0.05, 0) is 52.4 Å². The molecule has 0 atom stereocenters. The molecule has 0 aliphatic heterocycles. The van der Waals surface area contributed by atoms with Gasteiger partial charge in [0.05, 0.1) is 0 Å². The van der Waals surface area contributed by atoms with Crippen molar-refractivity contribution in [2.24, 2.45) is 0 Å². The quantitative estimate of drug-likeness (QED) is 0.269. The van der Waals surface area contributed by atoms with Crippen molar-refractivity contribution >= 4 is 5.97 Å². The molecule has 2 heteroatoms. The highest BCUT2D eigenvalue weighted by atomic mass is 16.5. The van der Waals surface area contributed by atoms with E-state index >= 15 is 0 Å². The van der Waals surface area contributed by atoms with E-state index in [1.165, 1.54) is 11.1 Å². The first-order valence-corrected chi connectivity index (χ1v) is 8.31. The standard InChI is InChI=1S/C20H32O2/c1-6-15-22-20(21)16-18(5)12-10-14-19(8-3)13-9-11-17(4)7-2/h6,11,14,16H,1,7-10,12-13,15H2,2-5H3/b17-11+,18-16+,19-14+. The molecule has 0 aliphatic carbocycles. The summed E-state index contributed by atoms with van der Waals surface area (Å²) in [5.41, 5.74) is 4.02. The van der Waals surface area contributed by atoms with Gasteiger partial charge in [-0.1, -0.05) is 55.4 Å². The molecule has 0 spiro atoms. The van der Waals surface area contributed by atoms with Crippen molar-refractivity contribution in [3.63, 3.8) is 0 Å². The molecule has 0 amide bonds. The van der Waals surface area contributed by atoms with Crippen LogP contribution in [0, 0.1) is 0 Å². The summed E-state index contributed by atoms with van der Waals surface area (Å²) in [6.45, 7) is 12.4. The Morgan fingerprint density at radius 3 is 2.27 bits per heavy atom. The first kappa shape index (κ1) is 20.4. The Morgan fingerprint density at radius 1 is 1.00 bits per heavy atom. The first-order chi connectivity index (χ1) is 10.5. The van der Waals surface area contributed by atoms with E-state index in [4.69, 9.17) is 4.74 Å². The fourth-order valence-corrected chi connectivity index (χ4v) is 2.03. The predicted octanol–water partition coefficient (Wildman–Crippen LogP) is 5.92. The van der Waals surface area contributed by atoms with Crippen LogP contribution in [0.3, 0.4) is 0 Å². The van der Waals surface area contributed by atoms with Gasteiger partial charge >= 0.3 is 5.97 Å². The topological polar surface area (TPSA) is 26.3 Å². The molecule has 0 saturated carbocycles. The molecule has 124 valence electrons. The maximum Gasteiger partial charge on any atom is 0.331 e. The van der Waals surface area contributed by atoms with Gasteiger partial charge in [0, 0.05) is 6.08 Å². The Bertz CT molecular complexity index is 425. The van der Waals surface area contributed by atoms with E-state index in [0.717, 1.165) is 44.1 Å². The van der Waals surface area contributed by atoms with E-state index in [9.17, 15) is 4.79 Å². The highest BCUT2D eigenvalue weighted by molar-refractivity contribution is 5.82. The predicted molar refractivity (Wildman–Crippen MR) is 95.8 cm³/mol. The van der Waals surface area contributed by atoms with Crippen LogP contribution in [-0.2, 0) is 9.53 Å². The summed E-state index contributed by atoms with van der Waals surface area (Å²) in [6, 6.07) is 0. The third-order valence-corrected chi connectivity index (χ3v) is 3.65. The van der Waals surface area contributed by atoms with Crippen LogP contribution in [0.15, 0.2) is 47.6 Å². The van der Waals surface area contributed by atoms with Crippen molar-refractivity contribution in [2.75, 3.05) is 6.61 Å². The number of carbonyl (C=O) groups is 1. The zero-order valence-corrected chi connectivity index (χ0v) is 14.8. The number of esters is 1. The Balaban J connectivity index is 4.22. The van der Waals surface area contributed by atoms with Gasteiger partial charge in [-0.25, -0.2) is 4.79 Å². The molecule has 0 unspecified atom stereocenters. The fourth-order valence-electron chi connectivity index (χ4n) is 2.03. The van der Waals surface area contributed by atoms with Crippen molar-refractivity contribution in [2.45, 2.75) is 66.2 Å².